The lowest BCUT2D eigenvalue weighted by Gasteiger charge is -2.23. The Morgan fingerprint density at radius 2 is 1.32 bits per heavy atom. The molecule has 0 fully saturated rings. The Morgan fingerprint density at radius 1 is 0.596 bits per heavy atom. The lowest BCUT2D eigenvalue weighted by Crippen LogP contribution is -2.23. The van der Waals surface area contributed by atoms with Crippen LogP contribution in [0.25, 0.3) is 77.6 Å². The van der Waals surface area contributed by atoms with Gasteiger partial charge in [0.15, 0.2) is 5.65 Å². The highest BCUT2D eigenvalue weighted by atomic mass is 16.1. The van der Waals surface area contributed by atoms with Crippen molar-refractivity contribution in [3.63, 3.8) is 0 Å². The van der Waals surface area contributed by atoms with Crippen LogP contribution in [0.2, 0.25) is 0 Å². The largest absolute Gasteiger partial charge is 0.357 e. The van der Waals surface area contributed by atoms with E-state index < -0.39 is 5.69 Å². The van der Waals surface area contributed by atoms with Gasteiger partial charge in [-0.1, -0.05) is 111 Å². The van der Waals surface area contributed by atoms with Crippen LogP contribution in [0.1, 0.15) is 25.0 Å². The smallest absolute Gasteiger partial charge is 0.278 e. The molecule has 0 N–H and O–H groups in total. The first kappa shape index (κ1) is 26.1. The SMILES string of the molecule is CC1(C)c2cc3c(cc2-c2ccc4ccccc4c21)c1ccccc1n3-c1nc(=O)n2c(n1)c(-c1ccccc1)nc1ccccc12. The minimum atomic E-state index is -0.396. The summed E-state index contributed by atoms with van der Waals surface area (Å²) in [6.45, 7) is 4.62. The summed E-state index contributed by atoms with van der Waals surface area (Å²) in [5, 5.41) is 4.70. The maximum Gasteiger partial charge on any atom is 0.357 e. The summed E-state index contributed by atoms with van der Waals surface area (Å²) < 4.78 is 3.64. The van der Waals surface area contributed by atoms with Gasteiger partial charge < -0.3 is 0 Å². The van der Waals surface area contributed by atoms with Crippen molar-refractivity contribution in [2.45, 2.75) is 19.3 Å². The molecule has 0 saturated carbocycles. The van der Waals surface area contributed by atoms with E-state index in [9.17, 15) is 4.79 Å². The quantitative estimate of drug-likeness (QED) is 0.185. The van der Waals surface area contributed by atoms with E-state index in [4.69, 9.17) is 9.97 Å². The van der Waals surface area contributed by atoms with Crippen LogP contribution in [0, 0.1) is 0 Å². The normalized spacial score (nSPS) is 13.6. The van der Waals surface area contributed by atoms with Gasteiger partial charge in [-0.15, -0.1) is 0 Å². The van der Waals surface area contributed by atoms with Crippen LogP contribution >= 0.6 is 0 Å². The van der Waals surface area contributed by atoms with E-state index in [2.05, 4.69) is 85.6 Å². The average molecular weight is 606 g/mol. The molecule has 0 radical (unpaired) electrons. The van der Waals surface area contributed by atoms with Gasteiger partial charge in [0.2, 0.25) is 5.95 Å². The van der Waals surface area contributed by atoms with Gasteiger partial charge in [-0.25, -0.2) is 14.2 Å². The number of fused-ring (bicyclic) bond motifs is 11. The van der Waals surface area contributed by atoms with Crippen molar-refractivity contribution in [2.24, 2.45) is 0 Å². The van der Waals surface area contributed by atoms with Gasteiger partial charge in [-0.3, -0.25) is 4.57 Å². The van der Waals surface area contributed by atoms with Crippen molar-refractivity contribution in [3.05, 3.63) is 149 Å². The van der Waals surface area contributed by atoms with E-state index in [1.165, 1.54) is 33.0 Å². The summed E-state index contributed by atoms with van der Waals surface area (Å²) in [7, 11) is 0. The number of aromatic nitrogens is 5. The maximum absolute atomic E-state index is 14.1. The van der Waals surface area contributed by atoms with Crippen molar-refractivity contribution >= 4 is 49.3 Å². The number of hydrogen-bond donors (Lipinski definition) is 0. The molecule has 0 atom stereocenters. The topological polar surface area (TPSA) is 65.1 Å². The zero-order chi connectivity index (χ0) is 31.4. The average Bonchev–Trinajstić information content (AvgIpc) is 3.55. The predicted molar refractivity (Wildman–Crippen MR) is 189 cm³/mol. The standard InChI is InChI=1S/C41H27N5O/c1-41(2)31-23-35-30(22-29(31)28-21-20-24-12-6-7-15-26(24)36(28)41)27-16-8-10-18-33(27)45(35)39-43-38-37(25-13-4-3-5-14-25)42-32-17-9-11-19-34(32)46(38)40(47)44-39/h3-23H,1-2H3. The molecular weight excluding hydrogens is 578 g/mol. The van der Waals surface area contributed by atoms with Gasteiger partial charge in [0, 0.05) is 21.8 Å². The van der Waals surface area contributed by atoms with Gasteiger partial charge >= 0.3 is 5.69 Å². The zero-order valence-corrected chi connectivity index (χ0v) is 25.8. The molecule has 10 rings (SSSR count). The Hall–Kier alpha value is -6.14. The van der Waals surface area contributed by atoms with Crippen molar-refractivity contribution in [1.82, 2.24) is 23.9 Å². The van der Waals surface area contributed by atoms with E-state index in [1.807, 2.05) is 65.2 Å². The fourth-order valence-electron chi connectivity index (χ4n) is 7.85. The maximum atomic E-state index is 14.1. The lowest BCUT2D eigenvalue weighted by atomic mass is 9.80. The highest BCUT2D eigenvalue weighted by Crippen LogP contribution is 2.53. The number of nitrogens with zero attached hydrogens (tertiary/aromatic N) is 5. The molecule has 0 aliphatic heterocycles. The molecule has 0 amide bonds. The Labute approximate surface area is 269 Å². The molecule has 0 saturated heterocycles. The predicted octanol–water partition coefficient (Wildman–Crippen LogP) is 8.86. The Morgan fingerprint density at radius 3 is 2.17 bits per heavy atom. The van der Waals surface area contributed by atoms with Crippen LogP contribution in [0.15, 0.2) is 132 Å². The first-order valence-corrected chi connectivity index (χ1v) is 15.8. The summed E-state index contributed by atoms with van der Waals surface area (Å²) in [5.74, 6) is 0.328. The third-order valence-corrected chi connectivity index (χ3v) is 9.95. The van der Waals surface area contributed by atoms with E-state index in [0.717, 1.165) is 27.4 Å². The van der Waals surface area contributed by atoms with Crippen LogP contribution in [0.5, 0.6) is 0 Å². The number of para-hydroxylation sites is 3. The molecule has 222 valence electrons. The van der Waals surface area contributed by atoms with E-state index >= 15 is 0 Å². The number of rotatable bonds is 2. The van der Waals surface area contributed by atoms with Crippen molar-refractivity contribution in [1.29, 1.82) is 0 Å². The summed E-state index contributed by atoms with van der Waals surface area (Å²) in [4.78, 5) is 29.0. The monoisotopic (exact) mass is 605 g/mol. The number of benzene rings is 6. The Kier molecular flexibility index (Phi) is 5.12. The highest BCUT2D eigenvalue weighted by Gasteiger charge is 2.38. The summed E-state index contributed by atoms with van der Waals surface area (Å²) in [5.41, 5.74) is 9.75. The van der Waals surface area contributed by atoms with E-state index in [1.54, 1.807) is 4.40 Å². The fourth-order valence-corrected chi connectivity index (χ4v) is 7.85. The van der Waals surface area contributed by atoms with E-state index in [0.29, 0.717) is 28.3 Å². The molecule has 0 bridgehead atoms. The van der Waals surface area contributed by atoms with Crippen molar-refractivity contribution in [2.75, 3.05) is 0 Å². The summed E-state index contributed by atoms with van der Waals surface area (Å²) in [6.07, 6.45) is 0. The molecule has 6 nitrogen and oxygen atoms in total. The summed E-state index contributed by atoms with van der Waals surface area (Å²) in [6, 6.07) is 43.6. The molecule has 9 aromatic rings. The first-order valence-electron chi connectivity index (χ1n) is 15.8. The second-order valence-electron chi connectivity index (χ2n) is 12.9. The fraction of sp³-hybridized carbons (Fsp3) is 0.0732. The summed E-state index contributed by atoms with van der Waals surface area (Å²) >= 11 is 0. The Balaban J connectivity index is 1.31. The molecule has 0 unspecified atom stereocenters. The van der Waals surface area contributed by atoms with Crippen molar-refractivity contribution < 1.29 is 0 Å². The molecule has 1 aliphatic rings. The molecule has 3 aromatic heterocycles. The van der Waals surface area contributed by atoms with Crippen LogP contribution in [0.4, 0.5) is 0 Å². The van der Waals surface area contributed by atoms with Gasteiger partial charge in [0.05, 0.1) is 22.1 Å². The molecule has 0 spiro atoms. The van der Waals surface area contributed by atoms with E-state index in [-0.39, 0.29) is 5.41 Å². The minimum absolute atomic E-state index is 0.242. The number of hydrogen-bond acceptors (Lipinski definition) is 4. The van der Waals surface area contributed by atoms with Gasteiger partial charge in [-0.2, -0.15) is 9.97 Å². The third-order valence-electron chi connectivity index (χ3n) is 9.95. The zero-order valence-electron chi connectivity index (χ0n) is 25.8. The minimum Gasteiger partial charge on any atom is -0.278 e. The van der Waals surface area contributed by atoms with Gasteiger partial charge in [0.25, 0.3) is 0 Å². The van der Waals surface area contributed by atoms with Gasteiger partial charge in [-0.05, 0) is 63.4 Å². The molecule has 1 aliphatic carbocycles. The molecule has 3 heterocycles. The van der Waals surface area contributed by atoms with Crippen molar-refractivity contribution in [3.8, 4) is 28.3 Å². The van der Waals surface area contributed by atoms with Crippen LogP contribution in [0.3, 0.4) is 0 Å². The second kappa shape index (κ2) is 9.21. The van der Waals surface area contributed by atoms with Crippen LogP contribution < -0.4 is 5.69 Å². The van der Waals surface area contributed by atoms with Gasteiger partial charge in [0.1, 0.15) is 5.69 Å². The van der Waals surface area contributed by atoms with Crippen LogP contribution in [-0.4, -0.2) is 23.9 Å². The third kappa shape index (κ3) is 3.49. The first-order chi connectivity index (χ1) is 23.0. The highest BCUT2D eigenvalue weighted by molar-refractivity contribution is 6.12. The lowest BCUT2D eigenvalue weighted by molar-refractivity contribution is 0.666. The molecule has 6 heteroatoms. The Bertz CT molecular complexity index is 2850. The van der Waals surface area contributed by atoms with Crippen LogP contribution in [-0.2, 0) is 5.41 Å². The molecule has 6 aromatic carbocycles. The molecular formula is C41H27N5O. The second-order valence-corrected chi connectivity index (χ2v) is 12.9. The molecule has 47 heavy (non-hydrogen) atoms.